The number of hydrogen-bond acceptors (Lipinski definition) is 3. The fourth-order valence-electron chi connectivity index (χ4n) is 2.16. The zero-order valence-corrected chi connectivity index (χ0v) is 14.3. The smallest absolute Gasteiger partial charge is 0.119 e. The van der Waals surface area contributed by atoms with Crippen molar-refractivity contribution in [1.82, 2.24) is 0 Å². The Labute approximate surface area is 135 Å². The van der Waals surface area contributed by atoms with E-state index in [2.05, 4.69) is 13.8 Å². The molecule has 0 unspecified atom stereocenters. The molecule has 0 N–H and O–H groups in total. The number of unbranched alkanes of at least 4 members (excludes halogenated alkanes) is 6. The summed E-state index contributed by atoms with van der Waals surface area (Å²) in [5.41, 5.74) is 1.10. The first-order valence-corrected chi connectivity index (χ1v) is 8.83. The van der Waals surface area contributed by atoms with Crippen molar-refractivity contribution < 1.29 is 14.5 Å². The van der Waals surface area contributed by atoms with Crippen LogP contribution in [0.15, 0.2) is 24.3 Å². The summed E-state index contributed by atoms with van der Waals surface area (Å²) < 4.78 is 5.74. The van der Waals surface area contributed by atoms with E-state index in [-0.39, 0.29) is 0 Å². The summed E-state index contributed by atoms with van der Waals surface area (Å²) in [7, 11) is 0. The zero-order chi connectivity index (χ0) is 15.9. The van der Waals surface area contributed by atoms with E-state index < -0.39 is 0 Å². The van der Waals surface area contributed by atoms with Crippen molar-refractivity contribution in [2.75, 3.05) is 13.2 Å². The second kappa shape index (κ2) is 13.6. The van der Waals surface area contributed by atoms with Crippen LogP contribution in [-0.4, -0.2) is 13.2 Å². The van der Waals surface area contributed by atoms with Gasteiger partial charge in [-0.05, 0) is 30.5 Å². The number of ether oxygens (including phenoxy) is 1. The molecule has 0 amide bonds. The highest BCUT2D eigenvalue weighted by atomic mass is 17.2. The molecule has 1 aromatic rings. The van der Waals surface area contributed by atoms with Gasteiger partial charge in [0.1, 0.15) is 12.4 Å². The van der Waals surface area contributed by atoms with Crippen LogP contribution in [0.4, 0.5) is 0 Å². The second-order valence-corrected chi connectivity index (χ2v) is 5.70. The highest BCUT2D eigenvalue weighted by Gasteiger charge is 1.97. The first kappa shape index (κ1) is 19.0. The Bertz CT molecular complexity index is 313. The maximum Gasteiger partial charge on any atom is 0.119 e. The van der Waals surface area contributed by atoms with Crippen molar-refractivity contribution in [2.24, 2.45) is 0 Å². The molecule has 3 nitrogen and oxygen atoms in total. The summed E-state index contributed by atoms with van der Waals surface area (Å²) in [5.74, 6) is 0.933. The summed E-state index contributed by atoms with van der Waals surface area (Å²) >= 11 is 0. The van der Waals surface area contributed by atoms with Gasteiger partial charge in [0.2, 0.25) is 0 Å². The van der Waals surface area contributed by atoms with Gasteiger partial charge in [0, 0.05) is 0 Å². The van der Waals surface area contributed by atoms with Gasteiger partial charge in [0.15, 0.2) is 0 Å². The van der Waals surface area contributed by atoms with E-state index in [9.17, 15) is 0 Å². The van der Waals surface area contributed by atoms with Gasteiger partial charge >= 0.3 is 0 Å². The van der Waals surface area contributed by atoms with E-state index in [1.165, 1.54) is 38.5 Å². The largest absolute Gasteiger partial charge is 0.494 e. The van der Waals surface area contributed by atoms with E-state index in [0.29, 0.717) is 13.2 Å². The van der Waals surface area contributed by atoms with Crippen molar-refractivity contribution in [3.63, 3.8) is 0 Å². The molecule has 22 heavy (non-hydrogen) atoms. The molecule has 1 aromatic carbocycles. The lowest BCUT2D eigenvalue weighted by Crippen LogP contribution is -1.99. The molecule has 0 atom stereocenters. The van der Waals surface area contributed by atoms with Crippen LogP contribution in [0.1, 0.15) is 70.8 Å². The third-order valence-corrected chi connectivity index (χ3v) is 3.58. The predicted molar refractivity (Wildman–Crippen MR) is 91.0 cm³/mol. The normalized spacial score (nSPS) is 10.8. The average Bonchev–Trinajstić information content (AvgIpc) is 2.55. The second-order valence-electron chi connectivity index (χ2n) is 5.70. The van der Waals surface area contributed by atoms with Crippen LogP contribution in [0, 0.1) is 0 Å². The summed E-state index contributed by atoms with van der Waals surface area (Å²) in [5, 5.41) is 0. The van der Waals surface area contributed by atoms with Gasteiger partial charge in [-0.25, -0.2) is 9.78 Å². The summed E-state index contributed by atoms with van der Waals surface area (Å²) in [6.07, 6.45) is 9.76. The third kappa shape index (κ3) is 9.80. The molecule has 0 aliphatic heterocycles. The molecule has 126 valence electrons. The summed E-state index contributed by atoms with van der Waals surface area (Å²) in [4.78, 5) is 10.4. The molecule has 0 saturated carbocycles. The molecule has 1 rings (SSSR count). The highest BCUT2D eigenvalue weighted by Crippen LogP contribution is 2.14. The van der Waals surface area contributed by atoms with Gasteiger partial charge in [-0.1, -0.05) is 64.5 Å². The van der Waals surface area contributed by atoms with Crippen molar-refractivity contribution >= 4 is 0 Å². The highest BCUT2D eigenvalue weighted by molar-refractivity contribution is 5.26. The molecule has 0 bridgehead atoms. The maximum atomic E-state index is 5.74. The molecule has 0 spiro atoms. The minimum absolute atomic E-state index is 0.490. The van der Waals surface area contributed by atoms with Crippen molar-refractivity contribution in [1.29, 1.82) is 0 Å². The summed E-state index contributed by atoms with van der Waals surface area (Å²) in [6, 6.07) is 8.06. The van der Waals surface area contributed by atoms with Crippen LogP contribution >= 0.6 is 0 Å². The number of hydrogen-bond donors (Lipinski definition) is 0. The minimum Gasteiger partial charge on any atom is -0.494 e. The van der Waals surface area contributed by atoms with Gasteiger partial charge in [-0.2, -0.15) is 0 Å². The zero-order valence-electron chi connectivity index (χ0n) is 14.3. The molecular weight excluding hydrogens is 276 g/mol. The Hall–Kier alpha value is -1.06. The molecule has 0 aliphatic rings. The van der Waals surface area contributed by atoms with Crippen LogP contribution < -0.4 is 4.74 Å². The molecule has 0 fully saturated rings. The van der Waals surface area contributed by atoms with Gasteiger partial charge in [-0.3, -0.25) is 0 Å². The lowest BCUT2D eigenvalue weighted by atomic mass is 10.2. The van der Waals surface area contributed by atoms with Crippen LogP contribution in [0.2, 0.25) is 0 Å². The molecule has 0 aromatic heterocycles. The van der Waals surface area contributed by atoms with E-state index in [1.807, 2.05) is 24.3 Å². The Kier molecular flexibility index (Phi) is 11.7. The van der Waals surface area contributed by atoms with Gasteiger partial charge in [-0.15, -0.1) is 0 Å². The van der Waals surface area contributed by atoms with Crippen LogP contribution in [0.3, 0.4) is 0 Å². The Morgan fingerprint density at radius 1 is 0.682 bits per heavy atom. The lowest BCUT2D eigenvalue weighted by Gasteiger charge is -2.07. The third-order valence-electron chi connectivity index (χ3n) is 3.58. The van der Waals surface area contributed by atoms with Gasteiger partial charge < -0.3 is 4.74 Å². The van der Waals surface area contributed by atoms with E-state index >= 15 is 0 Å². The SMILES string of the molecule is CCCCCCCOc1ccc(COOCCCCC)cc1. The molecule has 0 saturated heterocycles. The van der Waals surface area contributed by atoms with Crippen molar-refractivity contribution in [3.8, 4) is 5.75 Å². The van der Waals surface area contributed by atoms with Crippen molar-refractivity contribution in [2.45, 2.75) is 71.8 Å². The predicted octanol–water partition coefficient (Wildman–Crippen LogP) is 5.67. The standard InChI is InChI=1S/C19H32O3/c1-3-5-7-8-10-15-20-19-13-11-18(12-14-19)17-22-21-16-9-6-4-2/h11-14H,3-10,15-17H2,1-2H3. The first-order chi connectivity index (χ1) is 10.9. The van der Waals surface area contributed by atoms with Crippen LogP contribution in [0.5, 0.6) is 5.75 Å². The fourth-order valence-corrected chi connectivity index (χ4v) is 2.16. The number of benzene rings is 1. The Balaban J connectivity index is 2.07. The fraction of sp³-hybridized carbons (Fsp3) is 0.684. The van der Waals surface area contributed by atoms with Crippen molar-refractivity contribution in [3.05, 3.63) is 29.8 Å². The first-order valence-electron chi connectivity index (χ1n) is 8.83. The van der Waals surface area contributed by atoms with E-state index in [0.717, 1.165) is 30.8 Å². The van der Waals surface area contributed by atoms with E-state index in [4.69, 9.17) is 14.5 Å². The monoisotopic (exact) mass is 308 g/mol. The molecular formula is C19H32O3. The topological polar surface area (TPSA) is 27.7 Å². The van der Waals surface area contributed by atoms with E-state index in [1.54, 1.807) is 0 Å². The average molecular weight is 308 g/mol. The maximum absolute atomic E-state index is 5.74. The van der Waals surface area contributed by atoms with Crippen LogP contribution in [0.25, 0.3) is 0 Å². The Morgan fingerprint density at radius 3 is 2.05 bits per heavy atom. The quantitative estimate of drug-likeness (QED) is 0.251. The van der Waals surface area contributed by atoms with Gasteiger partial charge in [0.05, 0.1) is 13.2 Å². The molecule has 3 heteroatoms. The Morgan fingerprint density at radius 2 is 1.32 bits per heavy atom. The molecule has 0 heterocycles. The van der Waals surface area contributed by atoms with Crippen LogP contribution in [-0.2, 0) is 16.4 Å². The number of rotatable bonds is 14. The molecule has 0 aliphatic carbocycles. The summed E-state index contributed by atoms with van der Waals surface area (Å²) in [6.45, 7) is 6.38. The van der Waals surface area contributed by atoms with Gasteiger partial charge in [0.25, 0.3) is 0 Å². The molecule has 0 radical (unpaired) electrons. The lowest BCUT2D eigenvalue weighted by molar-refractivity contribution is -0.304. The minimum atomic E-state index is 0.490.